The third-order valence-corrected chi connectivity index (χ3v) is 3.40. The molecule has 1 aliphatic rings. The van der Waals surface area contributed by atoms with Crippen molar-refractivity contribution in [2.75, 3.05) is 25.1 Å². The van der Waals surface area contributed by atoms with E-state index in [1.807, 2.05) is 36.4 Å². The summed E-state index contributed by atoms with van der Waals surface area (Å²) in [6, 6.07) is 11.5. The summed E-state index contributed by atoms with van der Waals surface area (Å²) < 4.78 is 11.3. The number of halogens is 1. The first-order valence-corrected chi connectivity index (χ1v) is 7.68. The van der Waals surface area contributed by atoms with Gasteiger partial charge in [-0.15, -0.1) is 24.0 Å². The molecule has 0 aliphatic carbocycles. The number of rotatable bonds is 4. The smallest absolute Gasteiger partial charge is 0.193 e. The molecule has 0 saturated heterocycles. The third-order valence-electron chi connectivity index (χ3n) is 3.40. The molecule has 0 spiro atoms. The first-order valence-electron chi connectivity index (χ1n) is 7.68. The Morgan fingerprint density at radius 1 is 1.17 bits per heavy atom. The standard InChI is InChI=1S/C17H20N4O2.HI/c18-17(20-9-7-13-4-1-2-8-19-13)21-14-5-6-15-16(12-14)23-11-3-10-22-15;/h1-2,4-6,8,12H,3,7,9-11H2,(H3,18,20,21);1H. The topological polar surface area (TPSA) is 81.8 Å². The van der Waals surface area contributed by atoms with E-state index in [0.717, 1.165) is 35.7 Å². The minimum Gasteiger partial charge on any atom is -0.490 e. The van der Waals surface area contributed by atoms with Crippen molar-refractivity contribution < 1.29 is 9.47 Å². The Bertz CT molecular complexity index is 680. The number of nitrogens with zero attached hydrogens (tertiary/aromatic N) is 2. The van der Waals surface area contributed by atoms with E-state index < -0.39 is 0 Å². The van der Waals surface area contributed by atoms with Crippen LogP contribution in [0.2, 0.25) is 0 Å². The predicted octanol–water partition coefficient (Wildman–Crippen LogP) is 2.83. The highest BCUT2D eigenvalue weighted by Crippen LogP contribution is 2.32. The SMILES string of the molecule is I.NC(=NCCc1ccccn1)Nc1ccc2c(c1)OCCCO2. The minimum atomic E-state index is 0. The Morgan fingerprint density at radius 2 is 2.00 bits per heavy atom. The maximum Gasteiger partial charge on any atom is 0.193 e. The highest BCUT2D eigenvalue weighted by molar-refractivity contribution is 14.0. The third kappa shape index (κ3) is 5.26. The number of pyridine rings is 1. The largest absolute Gasteiger partial charge is 0.490 e. The van der Waals surface area contributed by atoms with E-state index in [9.17, 15) is 0 Å². The average molecular weight is 440 g/mol. The number of hydrogen-bond donors (Lipinski definition) is 2. The molecule has 0 unspecified atom stereocenters. The van der Waals surface area contributed by atoms with E-state index in [0.29, 0.717) is 25.7 Å². The van der Waals surface area contributed by atoms with Crippen LogP contribution in [0.3, 0.4) is 0 Å². The van der Waals surface area contributed by atoms with Crippen molar-refractivity contribution in [1.29, 1.82) is 0 Å². The van der Waals surface area contributed by atoms with Gasteiger partial charge in [-0.1, -0.05) is 6.07 Å². The fourth-order valence-corrected chi connectivity index (χ4v) is 2.27. The zero-order chi connectivity index (χ0) is 15.9. The van der Waals surface area contributed by atoms with E-state index in [4.69, 9.17) is 15.2 Å². The predicted molar refractivity (Wildman–Crippen MR) is 106 cm³/mol. The molecule has 0 fully saturated rings. The number of nitrogens with two attached hydrogens (primary N) is 1. The molecule has 0 amide bonds. The average Bonchev–Trinajstić information content (AvgIpc) is 2.81. The molecule has 1 aromatic heterocycles. The molecule has 0 saturated carbocycles. The van der Waals surface area contributed by atoms with Gasteiger partial charge in [-0.3, -0.25) is 9.98 Å². The van der Waals surface area contributed by atoms with Crippen LogP contribution in [0.4, 0.5) is 5.69 Å². The zero-order valence-electron chi connectivity index (χ0n) is 13.3. The van der Waals surface area contributed by atoms with E-state index in [-0.39, 0.29) is 24.0 Å². The maximum absolute atomic E-state index is 5.92. The van der Waals surface area contributed by atoms with Gasteiger partial charge in [0.25, 0.3) is 0 Å². The van der Waals surface area contributed by atoms with Gasteiger partial charge in [0, 0.05) is 43.0 Å². The van der Waals surface area contributed by atoms with Crippen LogP contribution in [-0.2, 0) is 6.42 Å². The molecule has 1 aromatic carbocycles. The maximum atomic E-state index is 5.92. The zero-order valence-corrected chi connectivity index (χ0v) is 15.6. The number of guanidine groups is 1. The molecule has 2 heterocycles. The summed E-state index contributed by atoms with van der Waals surface area (Å²) in [4.78, 5) is 8.57. The van der Waals surface area contributed by atoms with Crippen LogP contribution in [0.25, 0.3) is 0 Å². The van der Waals surface area contributed by atoms with Gasteiger partial charge in [0.2, 0.25) is 0 Å². The Hall–Kier alpha value is -2.03. The second kappa shape index (κ2) is 9.31. The number of fused-ring (bicyclic) bond motifs is 1. The van der Waals surface area contributed by atoms with Gasteiger partial charge in [-0.05, 0) is 24.3 Å². The molecule has 1 aliphatic heterocycles. The number of benzene rings is 1. The van der Waals surface area contributed by atoms with Crippen LogP contribution in [0.15, 0.2) is 47.6 Å². The number of aliphatic imine (C=N–C) groups is 1. The molecular formula is C17H21IN4O2. The molecule has 0 radical (unpaired) electrons. The van der Waals surface area contributed by atoms with Gasteiger partial charge in [0.1, 0.15) is 0 Å². The van der Waals surface area contributed by atoms with Crippen molar-refractivity contribution in [2.24, 2.45) is 10.7 Å². The van der Waals surface area contributed by atoms with Crippen LogP contribution in [0.5, 0.6) is 11.5 Å². The molecule has 3 rings (SSSR count). The van der Waals surface area contributed by atoms with Gasteiger partial charge in [-0.25, -0.2) is 0 Å². The van der Waals surface area contributed by atoms with Crippen molar-refractivity contribution in [3.63, 3.8) is 0 Å². The van der Waals surface area contributed by atoms with Crippen molar-refractivity contribution >= 4 is 35.6 Å². The van der Waals surface area contributed by atoms with Crippen LogP contribution in [0.1, 0.15) is 12.1 Å². The molecule has 128 valence electrons. The van der Waals surface area contributed by atoms with E-state index in [1.165, 1.54) is 0 Å². The molecule has 2 aromatic rings. The highest BCUT2D eigenvalue weighted by atomic mass is 127. The van der Waals surface area contributed by atoms with Crippen molar-refractivity contribution in [3.05, 3.63) is 48.3 Å². The number of anilines is 1. The summed E-state index contributed by atoms with van der Waals surface area (Å²) in [6.45, 7) is 1.92. The van der Waals surface area contributed by atoms with Gasteiger partial charge in [-0.2, -0.15) is 0 Å². The first kappa shape index (κ1) is 18.3. The lowest BCUT2D eigenvalue weighted by Crippen LogP contribution is -2.23. The Balaban J connectivity index is 0.00000208. The number of nitrogens with one attached hydrogen (secondary N) is 1. The summed E-state index contributed by atoms with van der Waals surface area (Å²) in [7, 11) is 0. The van der Waals surface area contributed by atoms with Crippen LogP contribution < -0.4 is 20.5 Å². The lowest BCUT2D eigenvalue weighted by Gasteiger charge is -2.10. The first-order chi connectivity index (χ1) is 11.3. The Labute approximate surface area is 158 Å². The van der Waals surface area contributed by atoms with E-state index in [2.05, 4.69) is 15.3 Å². The van der Waals surface area contributed by atoms with Crippen LogP contribution in [-0.4, -0.2) is 30.7 Å². The van der Waals surface area contributed by atoms with Gasteiger partial charge >= 0.3 is 0 Å². The molecule has 6 nitrogen and oxygen atoms in total. The fourth-order valence-electron chi connectivity index (χ4n) is 2.27. The molecule has 0 atom stereocenters. The molecule has 7 heteroatoms. The van der Waals surface area contributed by atoms with Crippen molar-refractivity contribution in [2.45, 2.75) is 12.8 Å². The van der Waals surface area contributed by atoms with E-state index >= 15 is 0 Å². The van der Waals surface area contributed by atoms with Crippen LogP contribution in [0, 0.1) is 0 Å². The van der Waals surface area contributed by atoms with Gasteiger partial charge in [0.05, 0.1) is 13.2 Å². The summed E-state index contributed by atoms with van der Waals surface area (Å²) in [5, 5.41) is 3.07. The lowest BCUT2D eigenvalue weighted by molar-refractivity contribution is 0.297. The molecule has 3 N–H and O–H groups in total. The normalized spacial score (nSPS) is 13.6. The Morgan fingerprint density at radius 3 is 2.79 bits per heavy atom. The molecule has 24 heavy (non-hydrogen) atoms. The minimum absolute atomic E-state index is 0. The number of hydrogen-bond acceptors (Lipinski definition) is 4. The van der Waals surface area contributed by atoms with Gasteiger partial charge in [0.15, 0.2) is 17.5 Å². The summed E-state index contributed by atoms with van der Waals surface area (Å²) in [5.74, 6) is 1.86. The van der Waals surface area contributed by atoms with Crippen molar-refractivity contribution in [1.82, 2.24) is 4.98 Å². The number of ether oxygens (including phenoxy) is 2. The van der Waals surface area contributed by atoms with E-state index in [1.54, 1.807) is 6.20 Å². The molecule has 0 bridgehead atoms. The quantitative estimate of drug-likeness (QED) is 0.434. The lowest BCUT2D eigenvalue weighted by atomic mass is 10.2. The Kier molecular flexibility index (Phi) is 7.10. The summed E-state index contributed by atoms with van der Waals surface area (Å²) in [6.07, 6.45) is 3.41. The second-order valence-corrected chi connectivity index (χ2v) is 5.18. The summed E-state index contributed by atoms with van der Waals surface area (Å²) in [5.41, 5.74) is 7.75. The monoisotopic (exact) mass is 440 g/mol. The second-order valence-electron chi connectivity index (χ2n) is 5.18. The van der Waals surface area contributed by atoms with Crippen molar-refractivity contribution in [3.8, 4) is 11.5 Å². The number of aromatic nitrogens is 1. The highest BCUT2D eigenvalue weighted by Gasteiger charge is 2.10. The van der Waals surface area contributed by atoms with Gasteiger partial charge < -0.3 is 20.5 Å². The fraction of sp³-hybridized carbons (Fsp3) is 0.294. The van der Waals surface area contributed by atoms with Crippen LogP contribution >= 0.6 is 24.0 Å². The summed E-state index contributed by atoms with van der Waals surface area (Å²) >= 11 is 0. The molecular weight excluding hydrogens is 419 g/mol.